The summed E-state index contributed by atoms with van der Waals surface area (Å²) >= 11 is 0. The van der Waals surface area contributed by atoms with E-state index in [-0.39, 0.29) is 0 Å². The number of unbranched alkanes of at least 4 members (excludes halogenated alkanes) is 2. The van der Waals surface area contributed by atoms with E-state index in [1.165, 1.54) is 38.5 Å². The molecule has 1 aliphatic rings. The molecule has 1 saturated heterocycles. The molecule has 1 rings (SSSR count). The first-order chi connectivity index (χ1) is 5.41. The Morgan fingerprint density at radius 2 is 1.45 bits per heavy atom. The van der Waals surface area contributed by atoms with Crippen LogP contribution in [0.4, 0.5) is 0 Å². The van der Waals surface area contributed by atoms with Crippen LogP contribution < -0.4 is 0 Å². The van der Waals surface area contributed by atoms with E-state index < -0.39 is 0 Å². The standard InChI is InChI=1S/C5H10O.C5H12/c1-2-4-6-5-3-1;1-3-5-4-2/h1-5H2;3-5H2,1-2H3. The Morgan fingerprint density at radius 3 is 1.55 bits per heavy atom. The zero-order chi connectivity index (χ0) is 8.36. The number of hydrogen-bond acceptors (Lipinski definition) is 1. The van der Waals surface area contributed by atoms with Gasteiger partial charge in [-0.05, 0) is 19.3 Å². The van der Waals surface area contributed by atoms with Crippen LogP contribution in [0.3, 0.4) is 0 Å². The van der Waals surface area contributed by atoms with Gasteiger partial charge < -0.3 is 4.74 Å². The first kappa shape index (κ1) is 11.0. The highest BCUT2D eigenvalue weighted by Crippen LogP contribution is 2.02. The van der Waals surface area contributed by atoms with E-state index in [1.807, 2.05) is 0 Å². The Labute approximate surface area is 71.1 Å². The molecule has 0 aliphatic carbocycles. The highest BCUT2D eigenvalue weighted by atomic mass is 16.5. The summed E-state index contributed by atoms with van der Waals surface area (Å²) in [7, 11) is 0. The molecule has 68 valence electrons. The maximum absolute atomic E-state index is 5.07. The normalized spacial score (nSPS) is 16.9. The molecule has 0 spiro atoms. The molecule has 0 saturated carbocycles. The third kappa shape index (κ3) is 9.96. The minimum atomic E-state index is 1.00. The average Bonchev–Trinajstić information content (AvgIpc) is 2.10. The summed E-state index contributed by atoms with van der Waals surface area (Å²) in [6.07, 6.45) is 8.01. The van der Waals surface area contributed by atoms with Crippen LogP contribution in [-0.2, 0) is 4.74 Å². The van der Waals surface area contributed by atoms with Gasteiger partial charge in [-0.25, -0.2) is 0 Å². The number of ether oxygens (including phenoxy) is 1. The van der Waals surface area contributed by atoms with Crippen LogP contribution in [0.25, 0.3) is 0 Å². The number of rotatable bonds is 2. The van der Waals surface area contributed by atoms with Crippen LogP contribution in [0.1, 0.15) is 52.4 Å². The monoisotopic (exact) mass is 158 g/mol. The predicted molar refractivity (Wildman–Crippen MR) is 49.9 cm³/mol. The first-order valence-corrected chi connectivity index (χ1v) is 4.99. The summed E-state index contributed by atoms with van der Waals surface area (Å²) in [6.45, 7) is 6.42. The van der Waals surface area contributed by atoms with Crippen LogP contribution in [0.15, 0.2) is 0 Å². The lowest BCUT2D eigenvalue weighted by Gasteiger charge is -2.08. The van der Waals surface area contributed by atoms with Gasteiger partial charge in [-0.15, -0.1) is 0 Å². The van der Waals surface area contributed by atoms with E-state index in [0.717, 1.165) is 13.2 Å². The lowest BCUT2D eigenvalue weighted by atomic mass is 10.2. The second-order valence-electron chi connectivity index (χ2n) is 3.03. The van der Waals surface area contributed by atoms with Crippen molar-refractivity contribution in [2.45, 2.75) is 52.4 Å². The van der Waals surface area contributed by atoms with Crippen molar-refractivity contribution in [2.24, 2.45) is 0 Å². The van der Waals surface area contributed by atoms with Crippen molar-refractivity contribution in [2.75, 3.05) is 13.2 Å². The number of hydrogen-bond donors (Lipinski definition) is 0. The Balaban J connectivity index is 0.000000187. The third-order valence-corrected chi connectivity index (χ3v) is 1.78. The second-order valence-corrected chi connectivity index (χ2v) is 3.03. The molecule has 0 unspecified atom stereocenters. The Morgan fingerprint density at radius 1 is 0.909 bits per heavy atom. The van der Waals surface area contributed by atoms with Gasteiger partial charge in [0.2, 0.25) is 0 Å². The molecule has 0 radical (unpaired) electrons. The molecule has 0 amide bonds. The van der Waals surface area contributed by atoms with Gasteiger partial charge in [-0.3, -0.25) is 0 Å². The van der Waals surface area contributed by atoms with Crippen molar-refractivity contribution >= 4 is 0 Å². The van der Waals surface area contributed by atoms with E-state index in [4.69, 9.17) is 4.74 Å². The molecule has 11 heavy (non-hydrogen) atoms. The molecule has 0 N–H and O–H groups in total. The van der Waals surface area contributed by atoms with Crippen molar-refractivity contribution in [3.8, 4) is 0 Å². The molecule has 0 aromatic heterocycles. The quantitative estimate of drug-likeness (QED) is 0.598. The minimum Gasteiger partial charge on any atom is -0.381 e. The van der Waals surface area contributed by atoms with Gasteiger partial charge in [0, 0.05) is 13.2 Å². The molecular formula is C10H22O. The van der Waals surface area contributed by atoms with Gasteiger partial charge in [0.05, 0.1) is 0 Å². The summed E-state index contributed by atoms with van der Waals surface area (Å²) in [6, 6.07) is 0. The molecule has 0 bridgehead atoms. The molecule has 0 aromatic rings. The van der Waals surface area contributed by atoms with Crippen molar-refractivity contribution in [1.82, 2.24) is 0 Å². The molecule has 0 atom stereocenters. The summed E-state index contributed by atoms with van der Waals surface area (Å²) in [4.78, 5) is 0. The zero-order valence-electron chi connectivity index (χ0n) is 8.07. The molecular weight excluding hydrogens is 136 g/mol. The van der Waals surface area contributed by atoms with E-state index in [9.17, 15) is 0 Å². The van der Waals surface area contributed by atoms with Crippen molar-refractivity contribution in [1.29, 1.82) is 0 Å². The van der Waals surface area contributed by atoms with Gasteiger partial charge >= 0.3 is 0 Å². The predicted octanol–water partition coefficient (Wildman–Crippen LogP) is 3.38. The Bertz CT molecular complexity index is 44.4. The van der Waals surface area contributed by atoms with Gasteiger partial charge in [0.15, 0.2) is 0 Å². The summed E-state index contributed by atoms with van der Waals surface area (Å²) < 4.78 is 5.07. The summed E-state index contributed by atoms with van der Waals surface area (Å²) in [5.74, 6) is 0. The van der Waals surface area contributed by atoms with Crippen molar-refractivity contribution in [3.63, 3.8) is 0 Å². The lowest BCUT2D eigenvalue weighted by molar-refractivity contribution is 0.0968. The SMILES string of the molecule is C1CCOCC1.CCCCC. The molecule has 0 aromatic carbocycles. The highest BCUT2D eigenvalue weighted by molar-refractivity contribution is 4.45. The van der Waals surface area contributed by atoms with Gasteiger partial charge in [0.1, 0.15) is 0 Å². The molecule has 1 fully saturated rings. The maximum atomic E-state index is 5.07. The van der Waals surface area contributed by atoms with Gasteiger partial charge in [-0.2, -0.15) is 0 Å². The van der Waals surface area contributed by atoms with Gasteiger partial charge in [0.25, 0.3) is 0 Å². The van der Waals surface area contributed by atoms with E-state index in [2.05, 4.69) is 13.8 Å². The molecule has 1 heterocycles. The fraction of sp³-hybridized carbons (Fsp3) is 1.00. The lowest BCUT2D eigenvalue weighted by Crippen LogP contribution is -2.03. The van der Waals surface area contributed by atoms with E-state index in [1.54, 1.807) is 0 Å². The topological polar surface area (TPSA) is 9.23 Å². The first-order valence-electron chi connectivity index (χ1n) is 4.99. The van der Waals surface area contributed by atoms with Crippen LogP contribution in [0.5, 0.6) is 0 Å². The van der Waals surface area contributed by atoms with Crippen molar-refractivity contribution in [3.05, 3.63) is 0 Å². The zero-order valence-corrected chi connectivity index (χ0v) is 8.07. The second kappa shape index (κ2) is 9.96. The van der Waals surface area contributed by atoms with Gasteiger partial charge in [-0.1, -0.05) is 33.1 Å². The maximum Gasteiger partial charge on any atom is 0.0466 e. The average molecular weight is 158 g/mol. The highest BCUT2D eigenvalue weighted by Gasteiger charge is 1.94. The molecule has 1 heteroatoms. The molecule has 1 nitrogen and oxygen atoms in total. The minimum absolute atomic E-state index is 1.00. The fourth-order valence-corrected chi connectivity index (χ4v) is 1.04. The third-order valence-electron chi connectivity index (χ3n) is 1.78. The summed E-state index contributed by atoms with van der Waals surface area (Å²) in [5, 5.41) is 0. The fourth-order valence-electron chi connectivity index (χ4n) is 1.04. The van der Waals surface area contributed by atoms with Crippen LogP contribution in [-0.4, -0.2) is 13.2 Å². The Kier molecular flexibility index (Phi) is 9.92. The molecule has 1 aliphatic heterocycles. The van der Waals surface area contributed by atoms with Crippen LogP contribution >= 0.6 is 0 Å². The smallest absolute Gasteiger partial charge is 0.0466 e. The largest absolute Gasteiger partial charge is 0.381 e. The van der Waals surface area contributed by atoms with Crippen molar-refractivity contribution < 1.29 is 4.74 Å². The Hall–Kier alpha value is -0.0400. The van der Waals surface area contributed by atoms with Crippen LogP contribution in [0, 0.1) is 0 Å². The van der Waals surface area contributed by atoms with E-state index >= 15 is 0 Å². The summed E-state index contributed by atoms with van der Waals surface area (Å²) in [5.41, 5.74) is 0. The van der Waals surface area contributed by atoms with E-state index in [0.29, 0.717) is 0 Å². The van der Waals surface area contributed by atoms with Crippen LogP contribution in [0.2, 0.25) is 0 Å².